The molecule has 1 heterocycles. The van der Waals surface area contributed by atoms with Gasteiger partial charge in [-0.2, -0.15) is 0 Å². The first-order valence-electron chi connectivity index (χ1n) is 10.4. The van der Waals surface area contributed by atoms with Crippen LogP contribution < -0.4 is 5.32 Å². The first-order chi connectivity index (χ1) is 14.3. The second-order valence-corrected chi connectivity index (χ2v) is 10.3. The number of benzene rings is 2. The predicted molar refractivity (Wildman–Crippen MR) is 121 cm³/mol. The average molecular weight is 449 g/mol. The molecule has 2 aromatic rings. The minimum Gasteiger partial charge on any atom is -0.356 e. The normalized spacial score (nSPS) is 15.8. The van der Waals surface area contributed by atoms with Crippen molar-refractivity contribution < 1.29 is 13.2 Å². The van der Waals surface area contributed by atoms with Gasteiger partial charge in [-0.3, -0.25) is 4.79 Å². The van der Waals surface area contributed by atoms with Crippen LogP contribution in [-0.2, 0) is 27.0 Å². The maximum Gasteiger partial charge on any atom is 0.223 e. The van der Waals surface area contributed by atoms with Crippen molar-refractivity contribution in [3.8, 4) is 0 Å². The summed E-state index contributed by atoms with van der Waals surface area (Å²) < 4.78 is 26.9. The van der Waals surface area contributed by atoms with Crippen molar-refractivity contribution in [2.45, 2.75) is 38.4 Å². The summed E-state index contributed by atoms with van der Waals surface area (Å²) in [4.78, 5) is 12.5. The molecule has 30 heavy (non-hydrogen) atoms. The predicted octanol–water partition coefficient (Wildman–Crippen LogP) is 3.94. The highest BCUT2D eigenvalue weighted by Gasteiger charge is 2.31. The zero-order chi connectivity index (χ0) is 21.6. The van der Waals surface area contributed by atoms with E-state index in [1.807, 2.05) is 0 Å². The molecular formula is C23H29ClN2O3S. The van der Waals surface area contributed by atoms with E-state index in [-0.39, 0.29) is 17.6 Å². The Hall–Kier alpha value is -1.89. The summed E-state index contributed by atoms with van der Waals surface area (Å²) in [5.74, 6) is -0.125. The Morgan fingerprint density at radius 2 is 1.80 bits per heavy atom. The fourth-order valence-electron chi connectivity index (χ4n) is 3.79. The number of aryl methyl sites for hydroxylation is 2. The molecule has 1 aliphatic heterocycles. The molecular weight excluding hydrogens is 420 g/mol. The topological polar surface area (TPSA) is 66.5 Å². The lowest BCUT2D eigenvalue weighted by molar-refractivity contribution is -0.126. The molecule has 1 amide bonds. The quantitative estimate of drug-likeness (QED) is 0.622. The van der Waals surface area contributed by atoms with Crippen LogP contribution in [0.2, 0.25) is 5.02 Å². The van der Waals surface area contributed by atoms with E-state index >= 15 is 0 Å². The Labute approximate surface area is 184 Å². The van der Waals surface area contributed by atoms with E-state index in [1.165, 1.54) is 15.4 Å². The summed E-state index contributed by atoms with van der Waals surface area (Å²) in [6.45, 7) is 3.49. The van der Waals surface area contributed by atoms with Crippen molar-refractivity contribution in [2.75, 3.05) is 19.6 Å². The molecule has 0 atom stereocenters. The highest BCUT2D eigenvalue weighted by atomic mass is 35.5. The van der Waals surface area contributed by atoms with Gasteiger partial charge in [0.1, 0.15) is 0 Å². The highest BCUT2D eigenvalue weighted by Crippen LogP contribution is 2.22. The molecule has 1 aliphatic rings. The molecule has 1 saturated heterocycles. The van der Waals surface area contributed by atoms with Crippen molar-refractivity contribution in [1.82, 2.24) is 9.62 Å². The Morgan fingerprint density at radius 1 is 1.10 bits per heavy atom. The lowest BCUT2D eigenvalue weighted by atomic mass is 9.97. The van der Waals surface area contributed by atoms with Crippen LogP contribution in [0.5, 0.6) is 0 Å². The molecule has 0 bridgehead atoms. The molecule has 1 N–H and O–H groups in total. The summed E-state index contributed by atoms with van der Waals surface area (Å²) in [7, 11) is -3.39. The summed E-state index contributed by atoms with van der Waals surface area (Å²) in [5, 5.41) is 3.60. The summed E-state index contributed by atoms with van der Waals surface area (Å²) >= 11 is 5.86. The molecule has 0 saturated carbocycles. The number of carbonyl (C=O) groups excluding carboxylic acids is 1. The summed E-state index contributed by atoms with van der Waals surface area (Å²) in [6, 6.07) is 15.3. The smallest absolute Gasteiger partial charge is 0.223 e. The van der Waals surface area contributed by atoms with Gasteiger partial charge in [0.05, 0.1) is 5.75 Å². The Morgan fingerprint density at radius 3 is 2.47 bits per heavy atom. The second-order valence-electron chi connectivity index (χ2n) is 7.94. The molecule has 5 nitrogen and oxygen atoms in total. The SMILES string of the molecule is Cc1cccc(CCCNC(=O)C2CCN(S(=O)(=O)Cc3ccc(Cl)cc3)CC2)c1. The zero-order valence-corrected chi connectivity index (χ0v) is 18.9. The van der Waals surface area contributed by atoms with E-state index in [0.717, 1.165) is 12.8 Å². The number of hydrogen-bond acceptors (Lipinski definition) is 3. The van der Waals surface area contributed by atoms with E-state index in [2.05, 4.69) is 36.5 Å². The van der Waals surface area contributed by atoms with E-state index < -0.39 is 10.0 Å². The van der Waals surface area contributed by atoms with Gasteiger partial charge < -0.3 is 5.32 Å². The first-order valence-corrected chi connectivity index (χ1v) is 12.4. The lowest BCUT2D eigenvalue weighted by Gasteiger charge is -2.30. The number of carbonyl (C=O) groups is 1. The molecule has 162 valence electrons. The minimum atomic E-state index is -3.39. The van der Waals surface area contributed by atoms with Crippen LogP contribution in [0.1, 0.15) is 36.0 Å². The number of nitrogens with one attached hydrogen (secondary N) is 1. The molecule has 0 unspecified atom stereocenters. The van der Waals surface area contributed by atoms with E-state index in [0.29, 0.717) is 43.1 Å². The molecule has 7 heteroatoms. The van der Waals surface area contributed by atoms with Crippen molar-refractivity contribution in [3.63, 3.8) is 0 Å². The van der Waals surface area contributed by atoms with Crippen LogP contribution in [0.15, 0.2) is 48.5 Å². The average Bonchev–Trinajstić information content (AvgIpc) is 2.73. The molecule has 2 aromatic carbocycles. The number of nitrogens with zero attached hydrogens (tertiary/aromatic N) is 1. The van der Waals surface area contributed by atoms with Crippen LogP contribution in [0.25, 0.3) is 0 Å². The molecule has 0 radical (unpaired) electrons. The zero-order valence-electron chi connectivity index (χ0n) is 17.3. The van der Waals surface area contributed by atoms with Crippen molar-refractivity contribution in [3.05, 3.63) is 70.2 Å². The van der Waals surface area contributed by atoms with Gasteiger partial charge in [0, 0.05) is 30.6 Å². The van der Waals surface area contributed by atoms with Gasteiger partial charge in [-0.1, -0.05) is 53.6 Å². The maximum atomic E-state index is 12.7. The monoisotopic (exact) mass is 448 g/mol. The Balaban J connectivity index is 1.40. The van der Waals surface area contributed by atoms with E-state index in [9.17, 15) is 13.2 Å². The largest absolute Gasteiger partial charge is 0.356 e. The van der Waals surface area contributed by atoms with E-state index in [1.54, 1.807) is 24.3 Å². The molecule has 0 aromatic heterocycles. The van der Waals surface area contributed by atoms with Crippen LogP contribution in [0.4, 0.5) is 0 Å². The fraction of sp³-hybridized carbons (Fsp3) is 0.435. The van der Waals surface area contributed by atoms with Gasteiger partial charge in [0.2, 0.25) is 15.9 Å². The van der Waals surface area contributed by atoms with E-state index in [4.69, 9.17) is 11.6 Å². The Bertz CT molecular complexity index is 953. The molecule has 1 fully saturated rings. The number of amides is 1. The van der Waals surface area contributed by atoms with Gasteiger partial charge in [0.15, 0.2) is 0 Å². The lowest BCUT2D eigenvalue weighted by Crippen LogP contribution is -2.43. The first kappa shape index (κ1) is 22.8. The van der Waals surface area contributed by atoms with Crippen LogP contribution in [-0.4, -0.2) is 38.3 Å². The van der Waals surface area contributed by atoms with Crippen LogP contribution in [0, 0.1) is 12.8 Å². The molecule has 3 rings (SSSR count). The van der Waals surface area contributed by atoms with Gasteiger partial charge >= 0.3 is 0 Å². The second kappa shape index (κ2) is 10.4. The van der Waals surface area contributed by atoms with Crippen LogP contribution >= 0.6 is 11.6 Å². The van der Waals surface area contributed by atoms with Gasteiger partial charge in [-0.15, -0.1) is 0 Å². The third-order valence-corrected chi connectivity index (χ3v) is 7.61. The van der Waals surface area contributed by atoms with Gasteiger partial charge in [-0.25, -0.2) is 12.7 Å². The highest BCUT2D eigenvalue weighted by molar-refractivity contribution is 7.88. The fourth-order valence-corrected chi connectivity index (χ4v) is 5.48. The third kappa shape index (κ3) is 6.56. The molecule has 0 aliphatic carbocycles. The number of piperidine rings is 1. The van der Waals surface area contributed by atoms with Crippen molar-refractivity contribution in [1.29, 1.82) is 0 Å². The van der Waals surface area contributed by atoms with Gasteiger partial charge in [-0.05, 0) is 55.9 Å². The third-order valence-electron chi connectivity index (χ3n) is 5.50. The standard InChI is InChI=1S/C23H29ClN2O3S/c1-18-4-2-5-19(16-18)6-3-13-25-23(27)21-11-14-26(15-12-21)30(28,29)17-20-7-9-22(24)10-8-20/h2,4-5,7-10,16,21H,3,6,11-15,17H2,1H3,(H,25,27). The number of sulfonamides is 1. The number of hydrogen-bond donors (Lipinski definition) is 1. The summed E-state index contributed by atoms with van der Waals surface area (Å²) in [6.07, 6.45) is 2.94. The maximum absolute atomic E-state index is 12.7. The van der Waals surface area contributed by atoms with Crippen LogP contribution in [0.3, 0.4) is 0 Å². The minimum absolute atomic E-state index is 0.0361. The van der Waals surface area contributed by atoms with Crippen molar-refractivity contribution >= 4 is 27.5 Å². The Kier molecular flexibility index (Phi) is 7.92. The molecule has 0 spiro atoms. The van der Waals surface area contributed by atoms with Gasteiger partial charge in [0.25, 0.3) is 0 Å². The number of halogens is 1. The summed E-state index contributed by atoms with van der Waals surface area (Å²) in [5.41, 5.74) is 3.24. The number of rotatable bonds is 8. The van der Waals surface area contributed by atoms with Crippen molar-refractivity contribution in [2.24, 2.45) is 5.92 Å².